The minimum atomic E-state index is 0.569. The van der Waals surface area contributed by atoms with Gasteiger partial charge in [-0.3, -0.25) is 0 Å². The van der Waals surface area contributed by atoms with E-state index in [1.165, 1.54) is 12.8 Å². The van der Waals surface area contributed by atoms with Crippen molar-refractivity contribution in [3.63, 3.8) is 0 Å². The first-order valence-corrected chi connectivity index (χ1v) is 6.64. The Morgan fingerprint density at radius 2 is 2.05 bits per heavy atom. The SMILES string of the molecule is Cc1cc(NCc2c(C)noc2C)nc(C2CC2)n1. The van der Waals surface area contributed by atoms with Crippen molar-refractivity contribution in [2.45, 2.75) is 46.1 Å². The number of rotatable bonds is 4. The number of hydrogen-bond donors (Lipinski definition) is 1. The minimum absolute atomic E-state index is 0.569. The van der Waals surface area contributed by atoms with Crippen molar-refractivity contribution in [3.8, 4) is 0 Å². The summed E-state index contributed by atoms with van der Waals surface area (Å²) >= 11 is 0. The fourth-order valence-corrected chi connectivity index (χ4v) is 2.14. The highest BCUT2D eigenvalue weighted by molar-refractivity contribution is 5.38. The van der Waals surface area contributed by atoms with Gasteiger partial charge in [0.15, 0.2) is 0 Å². The van der Waals surface area contributed by atoms with Crippen molar-refractivity contribution < 1.29 is 4.52 Å². The predicted molar refractivity (Wildman–Crippen MR) is 72.0 cm³/mol. The van der Waals surface area contributed by atoms with Gasteiger partial charge in [0.2, 0.25) is 0 Å². The van der Waals surface area contributed by atoms with Crippen molar-refractivity contribution in [2.24, 2.45) is 0 Å². The van der Waals surface area contributed by atoms with Crippen molar-refractivity contribution in [1.29, 1.82) is 0 Å². The van der Waals surface area contributed by atoms with Crippen LogP contribution in [0, 0.1) is 20.8 Å². The predicted octanol–water partition coefficient (Wildman–Crippen LogP) is 2.88. The molecule has 0 saturated heterocycles. The quantitative estimate of drug-likeness (QED) is 0.913. The Balaban J connectivity index is 1.76. The molecule has 0 unspecified atom stereocenters. The van der Waals surface area contributed by atoms with Crippen LogP contribution in [0.1, 0.15) is 47.3 Å². The number of aromatic nitrogens is 3. The summed E-state index contributed by atoms with van der Waals surface area (Å²) in [5, 5.41) is 7.30. The molecule has 0 aromatic carbocycles. The van der Waals surface area contributed by atoms with E-state index in [9.17, 15) is 0 Å². The summed E-state index contributed by atoms with van der Waals surface area (Å²) in [6, 6.07) is 1.98. The van der Waals surface area contributed by atoms with Gasteiger partial charge in [0.05, 0.1) is 5.69 Å². The zero-order valence-corrected chi connectivity index (χ0v) is 11.5. The molecular formula is C14H18N4O. The molecule has 1 aliphatic rings. The Morgan fingerprint density at radius 1 is 1.26 bits per heavy atom. The molecule has 1 N–H and O–H groups in total. The van der Waals surface area contributed by atoms with Crippen LogP contribution >= 0.6 is 0 Å². The van der Waals surface area contributed by atoms with Crippen LogP contribution in [0.5, 0.6) is 0 Å². The molecule has 0 radical (unpaired) electrons. The van der Waals surface area contributed by atoms with Gasteiger partial charge in [0.25, 0.3) is 0 Å². The lowest BCUT2D eigenvalue weighted by Gasteiger charge is -2.08. The van der Waals surface area contributed by atoms with Gasteiger partial charge in [-0.15, -0.1) is 0 Å². The van der Waals surface area contributed by atoms with Gasteiger partial charge in [0.1, 0.15) is 17.4 Å². The molecule has 0 aliphatic heterocycles. The van der Waals surface area contributed by atoms with E-state index in [-0.39, 0.29) is 0 Å². The first kappa shape index (κ1) is 12.1. The highest BCUT2D eigenvalue weighted by atomic mass is 16.5. The first-order valence-electron chi connectivity index (χ1n) is 6.64. The van der Waals surface area contributed by atoms with Crippen LogP contribution in [-0.4, -0.2) is 15.1 Å². The van der Waals surface area contributed by atoms with E-state index >= 15 is 0 Å². The van der Waals surface area contributed by atoms with E-state index in [0.717, 1.165) is 34.4 Å². The lowest BCUT2D eigenvalue weighted by molar-refractivity contribution is 0.392. The van der Waals surface area contributed by atoms with E-state index in [2.05, 4.69) is 20.4 Å². The molecule has 0 amide bonds. The topological polar surface area (TPSA) is 63.8 Å². The number of nitrogens with one attached hydrogen (secondary N) is 1. The minimum Gasteiger partial charge on any atom is -0.366 e. The normalized spacial score (nSPS) is 14.7. The molecule has 0 atom stereocenters. The zero-order valence-electron chi connectivity index (χ0n) is 11.5. The maximum absolute atomic E-state index is 5.16. The molecule has 2 heterocycles. The average Bonchev–Trinajstić information content (AvgIpc) is 3.15. The molecule has 5 heteroatoms. The fourth-order valence-electron chi connectivity index (χ4n) is 2.14. The lowest BCUT2D eigenvalue weighted by atomic mass is 10.2. The summed E-state index contributed by atoms with van der Waals surface area (Å²) < 4.78 is 5.16. The fraction of sp³-hybridized carbons (Fsp3) is 0.500. The second-order valence-corrected chi connectivity index (χ2v) is 5.18. The molecule has 2 aromatic heterocycles. The van der Waals surface area contributed by atoms with Crippen LogP contribution in [0.3, 0.4) is 0 Å². The summed E-state index contributed by atoms with van der Waals surface area (Å²) in [5.74, 6) is 3.29. The Bertz CT molecular complexity index is 582. The molecule has 100 valence electrons. The van der Waals surface area contributed by atoms with Gasteiger partial charge >= 0.3 is 0 Å². The summed E-state index contributed by atoms with van der Waals surface area (Å²) in [4.78, 5) is 9.08. The Hall–Kier alpha value is -1.91. The van der Waals surface area contributed by atoms with Crippen LogP contribution in [0.15, 0.2) is 10.6 Å². The van der Waals surface area contributed by atoms with Gasteiger partial charge in [-0.1, -0.05) is 5.16 Å². The van der Waals surface area contributed by atoms with Crippen LogP contribution in [0.2, 0.25) is 0 Å². The van der Waals surface area contributed by atoms with E-state index in [1.807, 2.05) is 26.8 Å². The highest BCUT2D eigenvalue weighted by Crippen LogP contribution is 2.38. The number of hydrogen-bond acceptors (Lipinski definition) is 5. The van der Waals surface area contributed by atoms with Crippen molar-refractivity contribution in [1.82, 2.24) is 15.1 Å². The summed E-state index contributed by atoms with van der Waals surface area (Å²) in [6.45, 7) is 6.57. The third kappa shape index (κ3) is 2.59. The summed E-state index contributed by atoms with van der Waals surface area (Å²) in [6.07, 6.45) is 2.43. The van der Waals surface area contributed by atoms with E-state index in [1.54, 1.807) is 0 Å². The largest absolute Gasteiger partial charge is 0.366 e. The Labute approximate surface area is 112 Å². The molecule has 1 fully saturated rings. The van der Waals surface area contributed by atoms with Gasteiger partial charge < -0.3 is 9.84 Å². The molecule has 3 rings (SSSR count). The molecule has 1 aliphatic carbocycles. The first-order chi connectivity index (χ1) is 9.13. The van der Waals surface area contributed by atoms with Crippen LogP contribution in [-0.2, 0) is 6.54 Å². The van der Waals surface area contributed by atoms with Crippen LogP contribution < -0.4 is 5.32 Å². The maximum atomic E-state index is 5.16. The molecule has 1 saturated carbocycles. The zero-order chi connectivity index (χ0) is 13.4. The van der Waals surface area contributed by atoms with Gasteiger partial charge in [-0.05, 0) is 33.6 Å². The number of aryl methyl sites for hydroxylation is 3. The third-order valence-electron chi connectivity index (χ3n) is 3.44. The molecule has 5 nitrogen and oxygen atoms in total. The average molecular weight is 258 g/mol. The van der Waals surface area contributed by atoms with Crippen LogP contribution in [0.4, 0.5) is 5.82 Å². The van der Waals surface area contributed by atoms with E-state index in [0.29, 0.717) is 12.5 Å². The third-order valence-corrected chi connectivity index (χ3v) is 3.44. The van der Waals surface area contributed by atoms with Gasteiger partial charge in [0, 0.05) is 29.8 Å². The smallest absolute Gasteiger partial charge is 0.138 e. The van der Waals surface area contributed by atoms with Gasteiger partial charge in [-0.25, -0.2) is 9.97 Å². The van der Waals surface area contributed by atoms with Crippen molar-refractivity contribution in [2.75, 3.05) is 5.32 Å². The number of anilines is 1. The Morgan fingerprint density at radius 3 is 2.68 bits per heavy atom. The highest BCUT2D eigenvalue weighted by Gasteiger charge is 2.27. The molecule has 0 spiro atoms. The van der Waals surface area contributed by atoms with Crippen LogP contribution in [0.25, 0.3) is 0 Å². The van der Waals surface area contributed by atoms with Gasteiger partial charge in [-0.2, -0.15) is 0 Å². The lowest BCUT2D eigenvalue weighted by Crippen LogP contribution is -2.06. The molecule has 19 heavy (non-hydrogen) atoms. The Kier molecular flexibility index (Phi) is 2.97. The number of nitrogens with zero attached hydrogens (tertiary/aromatic N) is 3. The molecule has 0 bridgehead atoms. The second kappa shape index (κ2) is 4.64. The summed E-state index contributed by atoms with van der Waals surface area (Å²) in [5.41, 5.74) is 3.04. The maximum Gasteiger partial charge on any atom is 0.138 e. The monoisotopic (exact) mass is 258 g/mol. The second-order valence-electron chi connectivity index (χ2n) is 5.18. The summed E-state index contributed by atoms with van der Waals surface area (Å²) in [7, 11) is 0. The molecule has 2 aromatic rings. The van der Waals surface area contributed by atoms with Crippen molar-refractivity contribution >= 4 is 5.82 Å². The van der Waals surface area contributed by atoms with Crippen molar-refractivity contribution in [3.05, 3.63) is 34.6 Å². The van der Waals surface area contributed by atoms with E-state index in [4.69, 9.17) is 4.52 Å². The van der Waals surface area contributed by atoms with E-state index < -0.39 is 0 Å². The molecular weight excluding hydrogens is 240 g/mol. The standard InChI is InChI=1S/C14H18N4O/c1-8-6-13(17-14(16-8)11-4-5-11)15-7-12-9(2)18-19-10(12)3/h6,11H,4-5,7H2,1-3H3,(H,15,16,17).